The Bertz CT molecular complexity index is 996. The van der Waals surface area contributed by atoms with Gasteiger partial charge in [-0.2, -0.15) is 0 Å². The average Bonchev–Trinajstić information content (AvgIpc) is 2.71. The van der Waals surface area contributed by atoms with E-state index >= 15 is 0 Å². The highest BCUT2D eigenvalue weighted by Crippen LogP contribution is 2.27. The first-order chi connectivity index (χ1) is 13.6. The fraction of sp³-hybridized carbons (Fsp3) is 0.238. The van der Waals surface area contributed by atoms with Crippen LogP contribution in [0.15, 0.2) is 48.7 Å². The molecule has 144 valence electrons. The third-order valence-corrected chi connectivity index (χ3v) is 4.76. The van der Waals surface area contributed by atoms with Gasteiger partial charge in [0.1, 0.15) is 5.75 Å². The molecule has 1 N–H and O–H groups in total. The van der Waals surface area contributed by atoms with Crippen LogP contribution < -0.4 is 10.1 Å². The fourth-order valence-corrected chi connectivity index (χ4v) is 3.33. The summed E-state index contributed by atoms with van der Waals surface area (Å²) in [5.74, 6) is -0.389. The molecule has 0 amide bonds. The molecule has 0 fully saturated rings. The molecule has 0 radical (unpaired) electrons. The van der Waals surface area contributed by atoms with Crippen LogP contribution in [0.5, 0.6) is 5.75 Å². The Morgan fingerprint density at radius 1 is 1.14 bits per heavy atom. The summed E-state index contributed by atoms with van der Waals surface area (Å²) in [6, 6.07) is 11.6. The zero-order valence-electron chi connectivity index (χ0n) is 15.5. The van der Waals surface area contributed by atoms with Gasteiger partial charge in [0.05, 0.1) is 18.5 Å². The molecule has 0 aliphatic carbocycles. The van der Waals surface area contributed by atoms with E-state index in [1.807, 2.05) is 30.5 Å². The van der Waals surface area contributed by atoms with Crippen molar-refractivity contribution in [3.8, 4) is 5.75 Å². The summed E-state index contributed by atoms with van der Waals surface area (Å²) in [6.45, 7) is 2.01. The van der Waals surface area contributed by atoms with Crippen LogP contribution in [-0.2, 0) is 19.5 Å². The lowest BCUT2D eigenvalue weighted by Gasteiger charge is -2.28. The van der Waals surface area contributed by atoms with E-state index in [9.17, 15) is 8.78 Å². The molecule has 7 heteroatoms. The first-order valence-corrected chi connectivity index (χ1v) is 9.03. The summed E-state index contributed by atoms with van der Waals surface area (Å²) in [5, 5.41) is 3.20. The largest absolute Gasteiger partial charge is 0.495 e. The second-order valence-electron chi connectivity index (χ2n) is 6.70. The minimum absolute atomic E-state index is 0.525. The molecule has 5 nitrogen and oxygen atoms in total. The summed E-state index contributed by atoms with van der Waals surface area (Å²) < 4.78 is 31.9. The van der Waals surface area contributed by atoms with E-state index in [2.05, 4.69) is 20.2 Å². The molecule has 3 aromatic rings. The number of fused-ring (bicyclic) bond motifs is 1. The maximum absolute atomic E-state index is 13.4. The van der Waals surface area contributed by atoms with E-state index in [0.717, 1.165) is 41.2 Å². The van der Waals surface area contributed by atoms with Crippen molar-refractivity contribution in [1.29, 1.82) is 0 Å². The van der Waals surface area contributed by atoms with Crippen molar-refractivity contribution in [2.45, 2.75) is 19.5 Å². The van der Waals surface area contributed by atoms with Crippen molar-refractivity contribution in [1.82, 2.24) is 14.9 Å². The molecule has 0 atom stereocenters. The summed E-state index contributed by atoms with van der Waals surface area (Å²) in [5.41, 5.74) is 3.59. The van der Waals surface area contributed by atoms with E-state index in [0.29, 0.717) is 19.0 Å². The van der Waals surface area contributed by atoms with E-state index in [1.54, 1.807) is 13.2 Å². The number of hydrogen-bond donors (Lipinski definition) is 1. The highest BCUT2D eigenvalue weighted by molar-refractivity contribution is 5.62. The molecule has 0 bridgehead atoms. The van der Waals surface area contributed by atoms with Gasteiger partial charge in [0.25, 0.3) is 0 Å². The smallest absolute Gasteiger partial charge is 0.227 e. The Morgan fingerprint density at radius 2 is 2.00 bits per heavy atom. The lowest BCUT2D eigenvalue weighted by atomic mass is 10.1. The molecule has 2 heterocycles. The topological polar surface area (TPSA) is 50.3 Å². The molecular formula is C21H20F2N4O. The molecule has 4 rings (SSSR count). The van der Waals surface area contributed by atoms with Gasteiger partial charge in [-0.25, -0.2) is 18.7 Å². The van der Waals surface area contributed by atoms with Crippen LogP contribution in [0.4, 0.5) is 20.4 Å². The van der Waals surface area contributed by atoms with Gasteiger partial charge in [-0.15, -0.1) is 0 Å². The van der Waals surface area contributed by atoms with Gasteiger partial charge in [0, 0.05) is 37.8 Å². The van der Waals surface area contributed by atoms with Crippen LogP contribution >= 0.6 is 0 Å². The van der Waals surface area contributed by atoms with Crippen molar-refractivity contribution in [3.63, 3.8) is 0 Å². The predicted octanol–water partition coefficient (Wildman–Crippen LogP) is 4.07. The minimum Gasteiger partial charge on any atom is -0.495 e. The number of nitrogens with one attached hydrogen (secondary N) is 1. The Kier molecular flexibility index (Phi) is 5.16. The van der Waals surface area contributed by atoms with Crippen LogP contribution in [0, 0.1) is 11.6 Å². The standard InChI is InChI=1S/C21H20F2N4O/c1-28-20-5-3-2-4-19(20)26-21-24-11-15-13-27(9-8-18(15)25-21)12-14-6-7-16(22)17(23)10-14/h2-7,10-11H,8-9,12-13H2,1H3,(H,24,25,26). The number of rotatable bonds is 5. The first kappa shape index (κ1) is 18.3. The van der Waals surface area contributed by atoms with Gasteiger partial charge >= 0.3 is 0 Å². The Balaban J connectivity index is 1.46. The van der Waals surface area contributed by atoms with Gasteiger partial charge in [-0.05, 0) is 29.8 Å². The van der Waals surface area contributed by atoms with E-state index in [-0.39, 0.29) is 0 Å². The monoisotopic (exact) mass is 382 g/mol. The molecule has 0 saturated carbocycles. The number of methoxy groups -OCH3 is 1. The molecule has 1 aliphatic rings. The van der Waals surface area contributed by atoms with Crippen LogP contribution in [0.25, 0.3) is 0 Å². The van der Waals surface area contributed by atoms with E-state index in [1.165, 1.54) is 12.1 Å². The summed E-state index contributed by atoms with van der Waals surface area (Å²) in [7, 11) is 1.62. The number of para-hydroxylation sites is 2. The van der Waals surface area contributed by atoms with E-state index < -0.39 is 11.6 Å². The average molecular weight is 382 g/mol. The van der Waals surface area contributed by atoms with Gasteiger partial charge in [-0.1, -0.05) is 18.2 Å². The highest BCUT2D eigenvalue weighted by Gasteiger charge is 2.19. The number of nitrogens with zero attached hydrogens (tertiary/aromatic N) is 3. The van der Waals surface area contributed by atoms with Crippen molar-refractivity contribution in [2.24, 2.45) is 0 Å². The van der Waals surface area contributed by atoms with Crippen LogP contribution in [-0.4, -0.2) is 28.5 Å². The molecular weight excluding hydrogens is 362 g/mol. The molecule has 0 saturated heterocycles. The van der Waals surface area contributed by atoms with Crippen molar-refractivity contribution in [2.75, 3.05) is 19.0 Å². The van der Waals surface area contributed by atoms with Crippen molar-refractivity contribution < 1.29 is 13.5 Å². The normalized spacial score (nSPS) is 13.8. The third kappa shape index (κ3) is 3.94. The molecule has 0 unspecified atom stereocenters. The second-order valence-corrected chi connectivity index (χ2v) is 6.70. The zero-order chi connectivity index (χ0) is 19.5. The lowest BCUT2D eigenvalue weighted by molar-refractivity contribution is 0.242. The number of halogens is 2. The Labute approximate surface area is 162 Å². The Morgan fingerprint density at radius 3 is 2.82 bits per heavy atom. The predicted molar refractivity (Wildman–Crippen MR) is 102 cm³/mol. The second kappa shape index (κ2) is 7.90. The first-order valence-electron chi connectivity index (χ1n) is 9.03. The molecule has 0 spiro atoms. The van der Waals surface area contributed by atoms with Gasteiger partial charge in [0.2, 0.25) is 5.95 Å². The van der Waals surface area contributed by atoms with Gasteiger partial charge in [-0.3, -0.25) is 4.90 Å². The number of anilines is 2. The Hall–Kier alpha value is -3.06. The highest BCUT2D eigenvalue weighted by atomic mass is 19.2. The molecule has 2 aromatic carbocycles. The SMILES string of the molecule is COc1ccccc1Nc1ncc2c(n1)CCN(Cc1ccc(F)c(F)c1)C2. The zero-order valence-corrected chi connectivity index (χ0v) is 15.5. The van der Waals surface area contributed by atoms with Crippen LogP contribution in [0.2, 0.25) is 0 Å². The van der Waals surface area contributed by atoms with E-state index in [4.69, 9.17) is 4.74 Å². The lowest BCUT2D eigenvalue weighted by Crippen LogP contribution is -2.31. The molecule has 1 aromatic heterocycles. The number of benzene rings is 2. The van der Waals surface area contributed by atoms with Crippen molar-refractivity contribution in [3.05, 3.63) is 77.1 Å². The van der Waals surface area contributed by atoms with Crippen molar-refractivity contribution >= 4 is 11.6 Å². The third-order valence-electron chi connectivity index (χ3n) is 4.76. The summed E-state index contributed by atoms with van der Waals surface area (Å²) in [4.78, 5) is 11.2. The minimum atomic E-state index is -0.823. The van der Waals surface area contributed by atoms with Gasteiger partial charge < -0.3 is 10.1 Å². The summed E-state index contributed by atoms with van der Waals surface area (Å²) in [6.07, 6.45) is 2.58. The van der Waals surface area contributed by atoms with Crippen LogP contribution in [0.3, 0.4) is 0 Å². The number of hydrogen-bond acceptors (Lipinski definition) is 5. The maximum Gasteiger partial charge on any atom is 0.227 e. The molecule has 1 aliphatic heterocycles. The summed E-state index contributed by atoms with van der Waals surface area (Å²) >= 11 is 0. The van der Waals surface area contributed by atoms with Gasteiger partial charge in [0.15, 0.2) is 11.6 Å². The number of aromatic nitrogens is 2. The van der Waals surface area contributed by atoms with Crippen LogP contribution in [0.1, 0.15) is 16.8 Å². The quantitative estimate of drug-likeness (QED) is 0.721. The fourth-order valence-electron chi connectivity index (χ4n) is 3.33. The molecule has 28 heavy (non-hydrogen) atoms. The maximum atomic E-state index is 13.4. The number of ether oxygens (including phenoxy) is 1.